The van der Waals surface area contributed by atoms with Gasteiger partial charge in [-0.3, -0.25) is 9.36 Å². The molecule has 0 N–H and O–H groups in total. The van der Waals surface area contributed by atoms with Crippen LogP contribution in [0.1, 0.15) is 12.1 Å². The molecule has 0 aliphatic rings. The first kappa shape index (κ1) is 15.9. The summed E-state index contributed by atoms with van der Waals surface area (Å²) in [6, 6.07) is 12.2. The van der Waals surface area contributed by atoms with E-state index in [0.29, 0.717) is 28.3 Å². The van der Waals surface area contributed by atoms with Crippen LogP contribution in [0.15, 0.2) is 66.9 Å². The SMILES string of the molecule is O=C(CCn1c(=O)oc2ccccc21)OCc1cc(-c2ccco2)on1. The molecule has 0 amide bonds. The minimum absolute atomic E-state index is 0.0237. The number of rotatable bonds is 6. The summed E-state index contributed by atoms with van der Waals surface area (Å²) in [5.74, 6) is 0.0436. The van der Waals surface area contributed by atoms with Gasteiger partial charge < -0.3 is 18.1 Å². The smallest absolute Gasteiger partial charge is 0.419 e. The van der Waals surface area contributed by atoms with E-state index in [1.165, 1.54) is 10.8 Å². The van der Waals surface area contributed by atoms with E-state index in [9.17, 15) is 9.59 Å². The van der Waals surface area contributed by atoms with E-state index in [1.807, 2.05) is 0 Å². The Kier molecular flexibility index (Phi) is 4.14. The van der Waals surface area contributed by atoms with E-state index < -0.39 is 11.7 Å². The number of nitrogens with zero attached hydrogens (tertiary/aromatic N) is 2. The summed E-state index contributed by atoms with van der Waals surface area (Å²) in [6.07, 6.45) is 1.56. The van der Waals surface area contributed by atoms with Crippen LogP contribution < -0.4 is 5.76 Å². The number of benzene rings is 1. The van der Waals surface area contributed by atoms with Crippen LogP contribution in [0.5, 0.6) is 0 Å². The summed E-state index contributed by atoms with van der Waals surface area (Å²) in [5.41, 5.74) is 1.60. The highest BCUT2D eigenvalue weighted by atomic mass is 16.5. The molecule has 0 spiro atoms. The summed E-state index contributed by atoms with van der Waals surface area (Å²) in [5, 5.41) is 3.83. The van der Waals surface area contributed by atoms with Crippen molar-refractivity contribution in [3.63, 3.8) is 0 Å². The molecule has 8 heteroatoms. The van der Waals surface area contributed by atoms with Crippen LogP contribution in [0.2, 0.25) is 0 Å². The van der Waals surface area contributed by atoms with Gasteiger partial charge in [-0.15, -0.1) is 0 Å². The van der Waals surface area contributed by atoms with Crippen molar-refractivity contribution in [3.05, 3.63) is 65.0 Å². The minimum atomic E-state index is -0.501. The predicted octanol–water partition coefficient (Wildman–Crippen LogP) is 2.98. The van der Waals surface area contributed by atoms with Crippen LogP contribution in [0.25, 0.3) is 22.6 Å². The number of furan rings is 1. The Bertz CT molecular complexity index is 1090. The second-order valence-corrected chi connectivity index (χ2v) is 5.56. The molecule has 0 fully saturated rings. The lowest BCUT2D eigenvalue weighted by Gasteiger charge is -2.03. The lowest BCUT2D eigenvalue weighted by atomic mass is 10.3. The molecule has 0 atom stereocenters. The van der Waals surface area contributed by atoms with Gasteiger partial charge in [0.15, 0.2) is 11.3 Å². The summed E-state index contributed by atoms with van der Waals surface area (Å²) >= 11 is 0. The van der Waals surface area contributed by atoms with E-state index in [2.05, 4.69) is 5.16 Å². The van der Waals surface area contributed by atoms with Crippen LogP contribution >= 0.6 is 0 Å². The average Bonchev–Trinajstić information content (AvgIpc) is 3.37. The Morgan fingerprint density at radius 1 is 1.15 bits per heavy atom. The number of carbonyl (C=O) groups excluding carboxylic acids is 1. The van der Waals surface area contributed by atoms with Gasteiger partial charge in [0.2, 0.25) is 5.76 Å². The summed E-state index contributed by atoms with van der Waals surface area (Å²) < 4.78 is 22.0. The molecule has 1 aromatic carbocycles. The molecular weight excluding hydrogens is 340 g/mol. The van der Waals surface area contributed by atoms with Gasteiger partial charge in [0.25, 0.3) is 0 Å². The standard InChI is InChI=1S/C18H14N2O6/c21-17(7-8-20-13-4-1-2-5-14(13)25-18(20)22)24-11-12-10-16(26-19-12)15-6-3-9-23-15/h1-6,9-10H,7-8,11H2. The largest absolute Gasteiger partial charge is 0.461 e. The van der Waals surface area contributed by atoms with Gasteiger partial charge in [-0.1, -0.05) is 17.3 Å². The highest BCUT2D eigenvalue weighted by Gasteiger charge is 2.13. The summed E-state index contributed by atoms with van der Waals surface area (Å²) in [4.78, 5) is 23.8. The second kappa shape index (κ2) is 6.75. The lowest BCUT2D eigenvalue weighted by molar-refractivity contribution is -0.145. The molecule has 0 aliphatic heterocycles. The van der Waals surface area contributed by atoms with Crippen molar-refractivity contribution >= 4 is 17.1 Å². The fraction of sp³-hybridized carbons (Fsp3) is 0.167. The normalized spacial score (nSPS) is 11.1. The number of oxazole rings is 1. The predicted molar refractivity (Wildman–Crippen MR) is 89.1 cm³/mol. The van der Waals surface area contributed by atoms with E-state index in [-0.39, 0.29) is 19.6 Å². The monoisotopic (exact) mass is 354 g/mol. The first-order chi connectivity index (χ1) is 12.7. The molecule has 0 aliphatic carbocycles. The number of hydrogen-bond donors (Lipinski definition) is 0. The van der Waals surface area contributed by atoms with Gasteiger partial charge in [0.1, 0.15) is 12.3 Å². The van der Waals surface area contributed by atoms with Gasteiger partial charge >= 0.3 is 11.7 Å². The third-order valence-electron chi connectivity index (χ3n) is 3.82. The maximum atomic E-state index is 11.9. The van der Waals surface area contributed by atoms with Crippen molar-refractivity contribution in [2.45, 2.75) is 19.6 Å². The van der Waals surface area contributed by atoms with Crippen molar-refractivity contribution in [1.29, 1.82) is 0 Å². The molecular formula is C18H14N2O6. The number of hydrogen-bond acceptors (Lipinski definition) is 7. The van der Waals surface area contributed by atoms with E-state index in [1.54, 1.807) is 42.5 Å². The molecule has 132 valence electrons. The fourth-order valence-corrected chi connectivity index (χ4v) is 2.57. The molecule has 3 aromatic heterocycles. The maximum absolute atomic E-state index is 11.9. The molecule has 26 heavy (non-hydrogen) atoms. The summed E-state index contributed by atoms with van der Waals surface area (Å²) in [6.45, 7) is 0.148. The van der Waals surface area contributed by atoms with Crippen LogP contribution in [0, 0.1) is 0 Å². The van der Waals surface area contributed by atoms with Crippen molar-refractivity contribution in [2.75, 3.05) is 0 Å². The zero-order chi connectivity index (χ0) is 17.9. The van der Waals surface area contributed by atoms with Crippen LogP contribution in [0.4, 0.5) is 0 Å². The molecule has 0 saturated carbocycles. The molecule has 3 heterocycles. The zero-order valence-electron chi connectivity index (χ0n) is 13.6. The number of aryl methyl sites for hydroxylation is 1. The molecule has 0 unspecified atom stereocenters. The first-order valence-electron chi connectivity index (χ1n) is 7.94. The topological polar surface area (TPSA) is 101 Å². The van der Waals surface area contributed by atoms with E-state index in [4.69, 9.17) is 18.1 Å². The molecule has 0 bridgehead atoms. The number of aromatic nitrogens is 2. The molecule has 0 radical (unpaired) electrons. The van der Waals surface area contributed by atoms with Crippen LogP contribution in [-0.4, -0.2) is 15.7 Å². The zero-order valence-corrected chi connectivity index (χ0v) is 13.6. The van der Waals surface area contributed by atoms with Crippen LogP contribution in [0.3, 0.4) is 0 Å². The average molecular weight is 354 g/mol. The van der Waals surface area contributed by atoms with Gasteiger partial charge in [0, 0.05) is 12.6 Å². The molecule has 4 rings (SSSR count). The Balaban J connectivity index is 1.34. The van der Waals surface area contributed by atoms with E-state index >= 15 is 0 Å². The molecule has 4 aromatic rings. The Morgan fingerprint density at radius 2 is 2.04 bits per heavy atom. The Hall–Kier alpha value is -3.55. The number of carbonyl (C=O) groups is 1. The Labute approximate surface area is 146 Å². The first-order valence-corrected chi connectivity index (χ1v) is 7.94. The third kappa shape index (κ3) is 3.16. The second-order valence-electron chi connectivity index (χ2n) is 5.56. The van der Waals surface area contributed by atoms with Crippen molar-refractivity contribution in [1.82, 2.24) is 9.72 Å². The Morgan fingerprint density at radius 3 is 2.88 bits per heavy atom. The van der Waals surface area contributed by atoms with Crippen LogP contribution in [-0.2, 0) is 22.7 Å². The maximum Gasteiger partial charge on any atom is 0.419 e. The van der Waals surface area contributed by atoms with Gasteiger partial charge in [0.05, 0.1) is 18.2 Å². The minimum Gasteiger partial charge on any atom is -0.461 e. The third-order valence-corrected chi connectivity index (χ3v) is 3.82. The quantitative estimate of drug-likeness (QED) is 0.491. The number of ether oxygens (including phenoxy) is 1. The van der Waals surface area contributed by atoms with Gasteiger partial charge in [-0.2, -0.15) is 0 Å². The lowest BCUT2D eigenvalue weighted by Crippen LogP contribution is -2.17. The van der Waals surface area contributed by atoms with Crippen molar-refractivity contribution in [3.8, 4) is 11.5 Å². The molecule has 8 nitrogen and oxygen atoms in total. The van der Waals surface area contributed by atoms with E-state index in [0.717, 1.165) is 0 Å². The highest BCUT2D eigenvalue weighted by molar-refractivity contribution is 5.73. The highest BCUT2D eigenvalue weighted by Crippen LogP contribution is 2.20. The van der Waals surface area contributed by atoms with Crippen molar-refractivity contribution in [2.24, 2.45) is 0 Å². The molecule has 0 saturated heterocycles. The number of esters is 1. The van der Waals surface area contributed by atoms with Gasteiger partial charge in [-0.05, 0) is 24.3 Å². The number of fused-ring (bicyclic) bond motifs is 1. The summed E-state index contributed by atoms with van der Waals surface area (Å²) in [7, 11) is 0. The fourth-order valence-electron chi connectivity index (χ4n) is 2.57. The number of para-hydroxylation sites is 2. The van der Waals surface area contributed by atoms with Crippen molar-refractivity contribution < 1.29 is 22.9 Å². The van der Waals surface area contributed by atoms with Gasteiger partial charge in [-0.25, -0.2) is 4.79 Å².